The molecule has 1 aromatic carbocycles. The Balaban J connectivity index is 1.72. The molecule has 11 heteroatoms. The van der Waals surface area contributed by atoms with Gasteiger partial charge in [0.2, 0.25) is 11.8 Å². The summed E-state index contributed by atoms with van der Waals surface area (Å²) in [5.41, 5.74) is -0.669. The highest BCUT2D eigenvalue weighted by Gasteiger charge is 2.35. The van der Waals surface area contributed by atoms with Crippen molar-refractivity contribution < 1.29 is 27.2 Å². The molecule has 0 radical (unpaired) electrons. The Morgan fingerprint density at radius 1 is 1.15 bits per heavy atom. The highest BCUT2D eigenvalue weighted by atomic mass is 19.4. The van der Waals surface area contributed by atoms with Crippen LogP contribution in [0.2, 0.25) is 0 Å². The number of fused-ring (bicyclic) bond motifs is 3. The molecule has 7 nitrogen and oxygen atoms in total. The topological polar surface area (TPSA) is 84.3 Å². The van der Waals surface area contributed by atoms with Crippen molar-refractivity contribution in [3.05, 3.63) is 76.1 Å². The quantitative estimate of drug-likeness (QED) is 0.587. The maximum atomic E-state index is 14.4. The Morgan fingerprint density at radius 3 is 2.47 bits per heavy atom. The first-order chi connectivity index (χ1) is 16.0. The van der Waals surface area contributed by atoms with Gasteiger partial charge in [0.15, 0.2) is 5.82 Å². The fourth-order valence-corrected chi connectivity index (χ4v) is 3.89. The van der Waals surface area contributed by atoms with Crippen LogP contribution in [0.25, 0.3) is 11.3 Å². The van der Waals surface area contributed by atoms with E-state index in [0.29, 0.717) is 11.3 Å². The smallest absolute Gasteiger partial charge is 0.325 e. The second kappa shape index (κ2) is 8.40. The summed E-state index contributed by atoms with van der Waals surface area (Å²) in [5, 5.41) is 2.44. The van der Waals surface area contributed by atoms with Crippen molar-refractivity contribution in [2.45, 2.75) is 19.0 Å². The third-order valence-electron chi connectivity index (χ3n) is 5.58. The summed E-state index contributed by atoms with van der Waals surface area (Å²) in [7, 11) is 1.35. The number of pyridine rings is 2. The first-order valence-corrected chi connectivity index (χ1v) is 10.1. The molecule has 0 fully saturated rings. The van der Waals surface area contributed by atoms with Gasteiger partial charge in [0.25, 0.3) is 5.56 Å². The number of amides is 2. The van der Waals surface area contributed by atoms with Crippen LogP contribution in [0.3, 0.4) is 0 Å². The standard InChI is InChI=1S/C23H18F4N4O3/c1-12-19-15(4-3-9-28-19)20-17(10-16(24)22(34)30(20)2)31(21(12)33)11-18(32)29-14-7-5-13(6-8-14)23(25,26)27/h3-10,12H,11H2,1-2H3,(H,29,32). The van der Waals surface area contributed by atoms with E-state index in [-0.39, 0.29) is 17.1 Å². The molecule has 0 bridgehead atoms. The summed E-state index contributed by atoms with van der Waals surface area (Å²) in [4.78, 5) is 43.6. The number of hydrogen-bond donors (Lipinski definition) is 1. The lowest BCUT2D eigenvalue weighted by Gasteiger charge is -2.25. The fraction of sp³-hybridized carbons (Fsp3) is 0.217. The highest BCUT2D eigenvalue weighted by molar-refractivity contribution is 6.08. The summed E-state index contributed by atoms with van der Waals surface area (Å²) < 4.78 is 53.8. The summed E-state index contributed by atoms with van der Waals surface area (Å²) >= 11 is 0. The fourth-order valence-electron chi connectivity index (χ4n) is 3.89. The van der Waals surface area contributed by atoms with E-state index in [0.717, 1.165) is 39.8 Å². The van der Waals surface area contributed by atoms with Crippen molar-refractivity contribution in [1.82, 2.24) is 9.55 Å². The molecule has 3 heterocycles. The van der Waals surface area contributed by atoms with Crippen molar-refractivity contribution in [2.75, 3.05) is 16.8 Å². The van der Waals surface area contributed by atoms with Crippen LogP contribution in [0.5, 0.6) is 0 Å². The van der Waals surface area contributed by atoms with Crippen LogP contribution >= 0.6 is 0 Å². The first kappa shape index (κ1) is 23.1. The average Bonchev–Trinajstić information content (AvgIpc) is 2.87. The Kier molecular flexibility index (Phi) is 5.72. The number of anilines is 2. The molecule has 1 aliphatic rings. The monoisotopic (exact) mass is 474 g/mol. The Bertz CT molecular complexity index is 1350. The molecule has 176 valence electrons. The number of benzene rings is 1. The molecule has 3 aromatic rings. The maximum Gasteiger partial charge on any atom is 0.416 e. The van der Waals surface area contributed by atoms with E-state index in [1.165, 1.54) is 13.2 Å². The number of halogens is 4. The van der Waals surface area contributed by atoms with E-state index in [9.17, 15) is 31.9 Å². The molecular weight excluding hydrogens is 456 g/mol. The van der Waals surface area contributed by atoms with Crippen LogP contribution in [0, 0.1) is 5.82 Å². The van der Waals surface area contributed by atoms with Gasteiger partial charge >= 0.3 is 6.18 Å². The number of aromatic nitrogens is 2. The lowest BCUT2D eigenvalue weighted by molar-refractivity contribution is -0.137. The zero-order chi connectivity index (χ0) is 24.8. The van der Waals surface area contributed by atoms with Gasteiger partial charge in [-0.1, -0.05) is 0 Å². The van der Waals surface area contributed by atoms with Gasteiger partial charge in [-0.15, -0.1) is 0 Å². The molecule has 1 aliphatic heterocycles. The SMILES string of the molecule is CC1C(=O)N(CC(=O)Nc2ccc(C(F)(F)F)cc2)c2cc(F)c(=O)n(C)c2-c2cccnc21. The number of alkyl halides is 3. The molecule has 2 amide bonds. The molecule has 2 aromatic heterocycles. The number of nitrogens with zero attached hydrogens (tertiary/aromatic N) is 3. The highest BCUT2D eigenvalue weighted by Crippen LogP contribution is 2.39. The van der Waals surface area contributed by atoms with E-state index in [1.54, 1.807) is 19.1 Å². The minimum atomic E-state index is -4.52. The molecule has 0 saturated carbocycles. The first-order valence-electron chi connectivity index (χ1n) is 10.1. The molecule has 1 N–H and O–H groups in total. The third-order valence-corrected chi connectivity index (χ3v) is 5.58. The third kappa shape index (κ3) is 4.04. The van der Waals surface area contributed by atoms with Crippen LogP contribution in [-0.4, -0.2) is 27.9 Å². The van der Waals surface area contributed by atoms with Gasteiger partial charge in [0, 0.05) is 30.6 Å². The zero-order valence-corrected chi connectivity index (χ0v) is 18.0. The molecule has 0 spiro atoms. The lowest BCUT2D eigenvalue weighted by atomic mass is 10.00. The van der Waals surface area contributed by atoms with Crippen molar-refractivity contribution in [3.8, 4) is 11.3 Å². The molecule has 4 rings (SSSR count). The predicted molar refractivity (Wildman–Crippen MR) is 116 cm³/mol. The summed E-state index contributed by atoms with van der Waals surface area (Å²) in [5.74, 6) is -3.21. The van der Waals surface area contributed by atoms with Crippen molar-refractivity contribution in [1.29, 1.82) is 0 Å². The average molecular weight is 474 g/mol. The van der Waals surface area contributed by atoms with Crippen molar-refractivity contribution in [2.24, 2.45) is 7.05 Å². The Morgan fingerprint density at radius 2 is 1.82 bits per heavy atom. The van der Waals surface area contributed by atoms with Crippen LogP contribution in [0.1, 0.15) is 24.1 Å². The predicted octanol–water partition coefficient (Wildman–Crippen LogP) is 3.69. The number of rotatable bonds is 3. The van der Waals surface area contributed by atoms with Gasteiger partial charge in [-0.25, -0.2) is 4.39 Å². The van der Waals surface area contributed by atoms with Gasteiger partial charge in [0.05, 0.1) is 28.6 Å². The second-order valence-electron chi connectivity index (χ2n) is 7.80. The molecule has 1 unspecified atom stereocenters. The van der Waals surface area contributed by atoms with E-state index >= 15 is 0 Å². The van der Waals surface area contributed by atoms with Crippen LogP contribution in [0.15, 0.2) is 53.5 Å². The maximum absolute atomic E-state index is 14.4. The summed E-state index contributed by atoms with van der Waals surface area (Å²) in [6.07, 6.45) is -3.04. The molecule has 34 heavy (non-hydrogen) atoms. The van der Waals surface area contributed by atoms with Gasteiger partial charge in [0.1, 0.15) is 6.54 Å². The number of carbonyl (C=O) groups is 2. The van der Waals surface area contributed by atoms with E-state index in [4.69, 9.17) is 0 Å². The number of carbonyl (C=O) groups excluding carboxylic acids is 2. The normalized spacial score (nSPS) is 15.4. The van der Waals surface area contributed by atoms with E-state index < -0.39 is 47.4 Å². The molecule has 0 aliphatic carbocycles. The van der Waals surface area contributed by atoms with Crippen LogP contribution < -0.4 is 15.8 Å². The number of hydrogen-bond acceptors (Lipinski definition) is 4. The summed E-state index contributed by atoms with van der Waals surface area (Å²) in [6, 6.07) is 7.97. The minimum Gasteiger partial charge on any atom is -0.325 e. The molecule has 0 saturated heterocycles. The Labute approximate surface area is 190 Å². The second-order valence-corrected chi connectivity index (χ2v) is 7.80. The van der Waals surface area contributed by atoms with Gasteiger partial charge < -0.3 is 14.8 Å². The number of nitrogens with one attached hydrogen (secondary N) is 1. The largest absolute Gasteiger partial charge is 0.416 e. The Hall–Kier alpha value is -4.02. The van der Waals surface area contributed by atoms with Crippen LogP contribution in [-0.2, 0) is 22.8 Å². The molecule has 1 atom stereocenters. The van der Waals surface area contributed by atoms with Crippen LogP contribution in [0.4, 0.5) is 28.9 Å². The van der Waals surface area contributed by atoms with Crippen molar-refractivity contribution >= 4 is 23.2 Å². The summed E-state index contributed by atoms with van der Waals surface area (Å²) in [6.45, 7) is 1.01. The minimum absolute atomic E-state index is 0.00534. The van der Waals surface area contributed by atoms with Gasteiger partial charge in [-0.05, 0) is 43.3 Å². The van der Waals surface area contributed by atoms with Crippen molar-refractivity contribution in [3.63, 3.8) is 0 Å². The van der Waals surface area contributed by atoms with Gasteiger partial charge in [-0.2, -0.15) is 13.2 Å². The lowest BCUT2D eigenvalue weighted by Crippen LogP contribution is -2.40. The molecular formula is C23H18F4N4O3. The van der Waals surface area contributed by atoms with Gasteiger partial charge in [-0.3, -0.25) is 19.4 Å². The van der Waals surface area contributed by atoms with E-state index in [1.807, 2.05) is 0 Å². The zero-order valence-electron chi connectivity index (χ0n) is 18.0. The van der Waals surface area contributed by atoms with E-state index in [2.05, 4.69) is 10.3 Å².